The Balaban J connectivity index is 2.99. The Bertz CT molecular complexity index is 406. The molecule has 1 amide bonds. The van der Waals surface area contributed by atoms with Crippen LogP contribution in [-0.4, -0.2) is 24.0 Å². The van der Waals surface area contributed by atoms with Crippen LogP contribution in [0.2, 0.25) is 0 Å². The molecule has 0 saturated heterocycles. The number of carbonyl (C=O) groups is 2. The molecule has 0 bridgehead atoms. The minimum Gasteiger partial charge on any atom is -0.481 e. The SMILES string of the molecule is CNC(=O)CC(C(=O)O)c1ccccc1Br. The largest absolute Gasteiger partial charge is 0.481 e. The smallest absolute Gasteiger partial charge is 0.311 e. The molecule has 1 aromatic carbocycles. The second kappa shape index (κ2) is 5.65. The van der Waals surface area contributed by atoms with E-state index in [9.17, 15) is 9.59 Å². The Hall–Kier alpha value is -1.36. The zero-order valence-corrected chi connectivity index (χ0v) is 10.3. The Morgan fingerprint density at radius 3 is 2.56 bits per heavy atom. The second-order valence-electron chi connectivity index (χ2n) is 3.29. The number of carboxylic acid groups (broad SMARTS) is 1. The average molecular weight is 286 g/mol. The highest BCUT2D eigenvalue weighted by molar-refractivity contribution is 9.10. The highest BCUT2D eigenvalue weighted by Crippen LogP contribution is 2.27. The van der Waals surface area contributed by atoms with E-state index in [-0.39, 0.29) is 12.3 Å². The quantitative estimate of drug-likeness (QED) is 0.886. The molecule has 0 aliphatic heterocycles. The van der Waals surface area contributed by atoms with Crippen molar-refractivity contribution in [1.29, 1.82) is 0 Å². The Kier molecular flexibility index (Phi) is 4.49. The summed E-state index contributed by atoms with van der Waals surface area (Å²) in [4.78, 5) is 22.3. The van der Waals surface area contributed by atoms with Crippen LogP contribution in [0.4, 0.5) is 0 Å². The van der Waals surface area contributed by atoms with Crippen LogP contribution in [0.25, 0.3) is 0 Å². The third-order valence-corrected chi connectivity index (χ3v) is 2.97. The first kappa shape index (κ1) is 12.7. The van der Waals surface area contributed by atoms with Crippen LogP contribution >= 0.6 is 15.9 Å². The standard InChI is InChI=1S/C11H12BrNO3/c1-13-10(14)6-8(11(15)16)7-4-2-3-5-9(7)12/h2-5,8H,6H2,1H3,(H,13,14)(H,15,16). The van der Waals surface area contributed by atoms with Crippen molar-refractivity contribution in [3.05, 3.63) is 34.3 Å². The highest BCUT2D eigenvalue weighted by atomic mass is 79.9. The number of nitrogens with one attached hydrogen (secondary N) is 1. The van der Waals surface area contributed by atoms with Crippen molar-refractivity contribution < 1.29 is 14.7 Å². The number of carbonyl (C=O) groups excluding carboxylic acids is 1. The fraction of sp³-hybridized carbons (Fsp3) is 0.273. The van der Waals surface area contributed by atoms with Gasteiger partial charge in [-0.1, -0.05) is 34.1 Å². The molecule has 2 N–H and O–H groups in total. The number of aliphatic carboxylic acids is 1. The Labute approximate surface area is 102 Å². The minimum absolute atomic E-state index is 0.0611. The second-order valence-corrected chi connectivity index (χ2v) is 4.14. The maximum atomic E-state index is 11.2. The van der Waals surface area contributed by atoms with E-state index in [4.69, 9.17) is 5.11 Å². The molecule has 0 fully saturated rings. The average Bonchev–Trinajstić information content (AvgIpc) is 2.26. The Morgan fingerprint density at radius 2 is 2.06 bits per heavy atom. The molecule has 4 nitrogen and oxygen atoms in total. The first-order valence-corrected chi connectivity index (χ1v) is 5.53. The van der Waals surface area contributed by atoms with E-state index in [1.54, 1.807) is 24.3 Å². The number of rotatable bonds is 4. The van der Waals surface area contributed by atoms with Crippen molar-refractivity contribution in [2.75, 3.05) is 7.05 Å². The van der Waals surface area contributed by atoms with E-state index in [0.717, 1.165) is 0 Å². The first-order chi connectivity index (χ1) is 7.56. The lowest BCUT2D eigenvalue weighted by atomic mass is 9.95. The van der Waals surface area contributed by atoms with Gasteiger partial charge in [-0.25, -0.2) is 0 Å². The van der Waals surface area contributed by atoms with E-state index >= 15 is 0 Å². The molecule has 0 heterocycles. The van der Waals surface area contributed by atoms with Gasteiger partial charge in [0.15, 0.2) is 0 Å². The Morgan fingerprint density at radius 1 is 1.44 bits per heavy atom. The molecule has 0 aromatic heterocycles. The van der Waals surface area contributed by atoms with Gasteiger partial charge < -0.3 is 10.4 Å². The molecule has 0 radical (unpaired) electrons. The molecule has 1 aromatic rings. The van der Waals surface area contributed by atoms with Crippen LogP contribution in [0.3, 0.4) is 0 Å². The van der Waals surface area contributed by atoms with Gasteiger partial charge in [0.1, 0.15) is 0 Å². The van der Waals surface area contributed by atoms with E-state index in [1.807, 2.05) is 0 Å². The molecular formula is C11H12BrNO3. The molecule has 5 heteroatoms. The molecule has 0 aliphatic rings. The van der Waals surface area contributed by atoms with Gasteiger partial charge in [0.2, 0.25) is 5.91 Å². The van der Waals surface area contributed by atoms with Crippen molar-refractivity contribution in [2.24, 2.45) is 0 Å². The predicted octanol–water partition coefficient (Wildman–Crippen LogP) is 1.75. The summed E-state index contributed by atoms with van der Waals surface area (Å²) in [5.41, 5.74) is 0.610. The lowest BCUT2D eigenvalue weighted by Crippen LogP contribution is -2.24. The summed E-state index contributed by atoms with van der Waals surface area (Å²) >= 11 is 3.28. The van der Waals surface area contributed by atoms with E-state index in [0.29, 0.717) is 10.0 Å². The van der Waals surface area contributed by atoms with Gasteiger partial charge in [-0.05, 0) is 11.6 Å². The van der Waals surface area contributed by atoms with Crippen LogP contribution < -0.4 is 5.32 Å². The molecule has 0 aliphatic carbocycles. The highest BCUT2D eigenvalue weighted by Gasteiger charge is 2.24. The number of hydrogen-bond acceptors (Lipinski definition) is 2. The van der Waals surface area contributed by atoms with Crippen molar-refractivity contribution in [1.82, 2.24) is 5.32 Å². The molecule has 0 saturated carbocycles. The minimum atomic E-state index is -1.00. The van der Waals surface area contributed by atoms with E-state index in [2.05, 4.69) is 21.2 Å². The monoisotopic (exact) mass is 285 g/mol. The van der Waals surface area contributed by atoms with Crippen LogP contribution in [0.15, 0.2) is 28.7 Å². The number of hydrogen-bond donors (Lipinski definition) is 2. The number of carboxylic acids is 1. The van der Waals surface area contributed by atoms with Crippen molar-refractivity contribution in [3.63, 3.8) is 0 Å². The first-order valence-electron chi connectivity index (χ1n) is 4.74. The van der Waals surface area contributed by atoms with Gasteiger partial charge in [0.25, 0.3) is 0 Å². The maximum Gasteiger partial charge on any atom is 0.311 e. The molecule has 1 rings (SSSR count). The summed E-state index contributed by atoms with van der Waals surface area (Å²) in [6.45, 7) is 0. The molecular weight excluding hydrogens is 274 g/mol. The van der Waals surface area contributed by atoms with E-state index < -0.39 is 11.9 Å². The summed E-state index contributed by atoms with van der Waals surface area (Å²) in [7, 11) is 1.49. The van der Waals surface area contributed by atoms with Crippen LogP contribution in [0.1, 0.15) is 17.9 Å². The van der Waals surface area contributed by atoms with Crippen LogP contribution in [0, 0.1) is 0 Å². The fourth-order valence-electron chi connectivity index (χ4n) is 1.38. The van der Waals surface area contributed by atoms with E-state index in [1.165, 1.54) is 7.05 Å². The van der Waals surface area contributed by atoms with Crippen molar-refractivity contribution >= 4 is 27.8 Å². The summed E-state index contributed by atoms with van der Waals surface area (Å²) in [5.74, 6) is -2.12. The molecule has 1 atom stereocenters. The van der Waals surface area contributed by atoms with Gasteiger partial charge in [-0.3, -0.25) is 9.59 Å². The maximum absolute atomic E-state index is 11.2. The third kappa shape index (κ3) is 3.06. The number of halogens is 1. The van der Waals surface area contributed by atoms with Crippen molar-refractivity contribution in [3.8, 4) is 0 Å². The number of benzene rings is 1. The summed E-state index contributed by atoms with van der Waals surface area (Å²) in [6, 6.07) is 7.01. The lowest BCUT2D eigenvalue weighted by Gasteiger charge is -2.13. The molecule has 16 heavy (non-hydrogen) atoms. The fourth-order valence-corrected chi connectivity index (χ4v) is 1.94. The van der Waals surface area contributed by atoms with Gasteiger partial charge >= 0.3 is 5.97 Å². The summed E-state index contributed by atoms with van der Waals surface area (Å²) in [6.07, 6.45) is -0.0611. The normalized spacial score (nSPS) is 11.9. The summed E-state index contributed by atoms with van der Waals surface area (Å²) < 4.78 is 0.700. The predicted molar refractivity (Wildman–Crippen MR) is 63.2 cm³/mol. The third-order valence-electron chi connectivity index (χ3n) is 2.25. The van der Waals surface area contributed by atoms with Gasteiger partial charge in [-0.2, -0.15) is 0 Å². The van der Waals surface area contributed by atoms with Crippen LogP contribution in [-0.2, 0) is 9.59 Å². The van der Waals surface area contributed by atoms with Crippen LogP contribution in [0.5, 0.6) is 0 Å². The number of amides is 1. The van der Waals surface area contributed by atoms with Gasteiger partial charge in [-0.15, -0.1) is 0 Å². The molecule has 86 valence electrons. The zero-order valence-electron chi connectivity index (χ0n) is 8.74. The summed E-state index contributed by atoms with van der Waals surface area (Å²) in [5, 5.41) is 11.5. The van der Waals surface area contributed by atoms with Crippen molar-refractivity contribution in [2.45, 2.75) is 12.3 Å². The topological polar surface area (TPSA) is 66.4 Å². The van der Waals surface area contributed by atoms with Gasteiger partial charge in [0, 0.05) is 17.9 Å². The van der Waals surface area contributed by atoms with Gasteiger partial charge in [0.05, 0.1) is 5.92 Å². The molecule has 1 unspecified atom stereocenters. The molecule has 0 spiro atoms. The lowest BCUT2D eigenvalue weighted by molar-refractivity contribution is -0.140. The zero-order chi connectivity index (χ0) is 12.1.